The third-order valence-corrected chi connectivity index (χ3v) is 7.68. The molecule has 1 N–H and O–H groups in total. The Labute approximate surface area is 175 Å². The van der Waals surface area contributed by atoms with E-state index in [4.69, 9.17) is 0 Å². The number of piperazine rings is 1. The van der Waals surface area contributed by atoms with Gasteiger partial charge in [-0.25, -0.2) is 8.42 Å². The van der Waals surface area contributed by atoms with E-state index < -0.39 is 16.1 Å². The second kappa shape index (κ2) is 9.06. The number of nitrogens with zero attached hydrogens (tertiary/aromatic N) is 2. The van der Waals surface area contributed by atoms with Crippen molar-refractivity contribution < 1.29 is 18.0 Å². The zero-order valence-corrected chi connectivity index (χ0v) is 18.1. The number of hydrogen-bond donors (Lipinski definition) is 1. The number of benzene rings is 1. The van der Waals surface area contributed by atoms with Crippen LogP contribution in [0.15, 0.2) is 52.7 Å². The second-order valence-corrected chi connectivity index (χ2v) is 10.1. The Morgan fingerprint density at radius 3 is 2.21 bits per heavy atom. The highest BCUT2D eigenvalue weighted by Crippen LogP contribution is 2.18. The van der Waals surface area contributed by atoms with Gasteiger partial charge < -0.3 is 10.2 Å². The van der Waals surface area contributed by atoms with Gasteiger partial charge in [-0.1, -0.05) is 38.1 Å². The summed E-state index contributed by atoms with van der Waals surface area (Å²) in [5.41, 5.74) is 0. The highest BCUT2D eigenvalue weighted by atomic mass is 32.2. The number of thiophene rings is 1. The molecule has 1 aliphatic heterocycles. The van der Waals surface area contributed by atoms with E-state index in [2.05, 4.69) is 5.32 Å². The first-order chi connectivity index (χ1) is 13.8. The fraction of sp³-hybridized carbons (Fsp3) is 0.400. The van der Waals surface area contributed by atoms with Crippen LogP contribution in [0.1, 0.15) is 23.5 Å². The summed E-state index contributed by atoms with van der Waals surface area (Å²) in [7, 11) is -3.57. The number of carbonyl (C=O) groups excluding carboxylic acids is 2. The molecule has 0 aliphatic carbocycles. The molecule has 1 aromatic carbocycles. The Bertz CT molecular complexity index is 935. The van der Waals surface area contributed by atoms with Crippen molar-refractivity contribution in [2.75, 3.05) is 26.2 Å². The largest absolute Gasteiger partial charge is 0.339 e. The molecule has 0 radical (unpaired) electrons. The number of rotatable bonds is 6. The molecule has 1 fully saturated rings. The molecule has 7 nitrogen and oxygen atoms in total. The monoisotopic (exact) mass is 435 g/mol. The van der Waals surface area contributed by atoms with E-state index in [-0.39, 0.29) is 35.7 Å². The summed E-state index contributed by atoms with van der Waals surface area (Å²) < 4.78 is 26.9. The summed E-state index contributed by atoms with van der Waals surface area (Å²) in [5.74, 6) is -0.531. The molecule has 1 atom stereocenters. The van der Waals surface area contributed by atoms with Gasteiger partial charge in [-0.2, -0.15) is 4.31 Å². The molecule has 3 rings (SSSR count). The third kappa shape index (κ3) is 4.85. The molecular weight excluding hydrogens is 410 g/mol. The van der Waals surface area contributed by atoms with Crippen LogP contribution in [0.2, 0.25) is 0 Å². The van der Waals surface area contributed by atoms with Gasteiger partial charge in [-0.3, -0.25) is 9.59 Å². The molecule has 0 saturated carbocycles. The van der Waals surface area contributed by atoms with Crippen LogP contribution in [0.4, 0.5) is 0 Å². The molecule has 1 aromatic heterocycles. The molecule has 1 aliphatic rings. The molecule has 1 saturated heterocycles. The fourth-order valence-electron chi connectivity index (χ4n) is 3.22. The van der Waals surface area contributed by atoms with Crippen molar-refractivity contribution in [2.24, 2.45) is 5.92 Å². The topological polar surface area (TPSA) is 86.8 Å². The average Bonchev–Trinajstić information content (AvgIpc) is 3.27. The third-order valence-electron chi connectivity index (χ3n) is 4.90. The minimum Gasteiger partial charge on any atom is -0.339 e. The Morgan fingerprint density at radius 1 is 1.00 bits per heavy atom. The van der Waals surface area contributed by atoms with Crippen LogP contribution >= 0.6 is 11.3 Å². The molecule has 156 valence electrons. The normalized spacial score (nSPS) is 16.6. The number of nitrogens with one attached hydrogen (secondary N) is 1. The predicted molar refractivity (Wildman–Crippen MR) is 112 cm³/mol. The SMILES string of the molecule is CC(C)C(NC(=O)c1cccs1)C(=O)N1CCN(S(=O)(=O)c2ccccc2)CC1. The first-order valence-electron chi connectivity index (χ1n) is 9.49. The summed E-state index contributed by atoms with van der Waals surface area (Å²) in [5, 5.41) is 4.64. The molecule has 29 heavy (non-hydrogen) atoms. The van der Waals surface area contributed by atoms with Crippen molar-refractivity contribution in [2.45, 2.75) is 24.8 Å². The number of carbonyl (C=O) groups is 2. The van der Waals surface area contributed by atoms with E-state index in [1.807, 2.05) is 19.2 Å². The standard InChI is InChI=1S/C20H25N3O4S2/c1-15(2)18(21-19(24)17-9-6-14-28-17)20(25)22-10-12-23(13-11-22)29(26,27)16-7-4-3-5-8-16/h3-9,14-15,18H,10-13H2,1-2H3,(H,21,24). The van der Waals surface area contributed by atoms with E-state index in [9.17, 15) is 18.0 Å². The van der Waals surface area contributed by atoms with Gasteiger partial charge in [0.25, 0.3) is 5.91 Å². The Balaban J connectivity index is 1.64. The van der Waals surface area contributed by atoms with Gasteiger partial charge in [0.2, 0.25) is 15.9 Å². The van der Waals surface area contributed by atoms with Crippen LogP contribution in [-0.4, -0.2) is 61.7 Å². The summed E-state index contributed by atoms with van der Waals surface area (Å²) in [4.78, 5) is 27.9. The minimum atomic E-state index is -3.57. The summed E-state index contributed by atoms with van der Waals surface area (Å²) >= 11 is 1.32. The van der Waals surface area contributed by atoms with Gasteiger partial charge in [0.1, 0.15) is 6.04 Å². The first kappa shape index (κ1) is 21.5. The van der Waals surface area contributed by atoms with Crippen LogP contribution in [0.25, 0.3) is 0 Å². The van der Waals surface area contributed by atoms with Crippen LogP contribution < -0.4 is 5.32 Å². The quantitative estimate of drug-likeness (QED) is 0.752. The van der Waals surface area contributed by atoms with E-state index in [1.165, 1.54) is 15.6 Å². The second-order valence-electron chi connectivity index (χ2n) is 7.21. The minimum absolute atomic E-state index is 0.0857. The van der Waals surface area contributed by atoms with Crippen LogP contribution in [0.3, 0.4) is 0 Å². The Hall–Kier alpha value is -2.23. The molecular formula is C20H25N3O4S2. The van der Waals surface area contributed by atoms with Crippen LogP contribution in [0, 0.1) is 5.92 Å². The molecule has 2 aromatic rings. The highest BCUT2D eigenvalue weighted by molar-refractivity contribution is 7.89. The zero-order valence-electron chi connectivity index (χ0n) is 16.4. The summed E-state index contributed by atoms with van der Waals surface area (Å²) in [6, 6.07) is 11.1. The van der Waals surface area contributed by atoms with Gasteiger partial charge in [0.05, 0.1) is 9.77 Å². The van der Waals surface area contributed by atoms with Crippen molar-refractivity contribution >= 4 is 33.2 Å². The maximum atomic E-state index is 13.0. The smallest absolute Gasteiger partial charge is 0.262 e. The van der Waals surface area contributed by atoms with Gasteiger partial charge in [0.15, 0.2) is 0 Å². The van der Waals surface area contributed by atoms with E-state index in [0.29, 0.717) is 18.0 Å². The van der Waals surface area contributed by atoms with Crippen LogP contribution in [-0.2, 0) is 14.8 Å². The van der Waals surface area contributed by atoms with Crippen molar-refractivity contribution in [1.82, 2.24) is 14.5 Å². The summed E-state index contributed by atoms with van der Waals surface area (Å²) in [6.07, 6.45) is 0. The van der Waals surface area contributed by atoms with Crippen molar-refractivity contribution in [1.29, 1.82) is 0 Å². The lowest BCUT2D eigenvalue weighted by Gasteiger charge is -2.36. The molecule has 2 amide bonds. The van der Waals surface area contributed by atoms with Gasteiger partial charge in [0, 0.05) is 26.2 Å². The first-order valence-corrected chi connectivity index (χ1v) is 11.8. The van der Waals surface area contributed by atoms with Crippen molar-refractivity contribution in [3.63, 3.8) is 0 Å². The van der Waals surface area contributed by atoms with E-state index in [1.54, 1.807) is 47.4 Å². The molecule has 2 heterocycles. The van der Waals surface area contributed by atoms with Crippen molar-refractivity contribution in [3.8, 4) is 0 Å². The average molecular weight is 436 g/mol. The molecule has 9 heteroatoms. The Kier molecular flexibility index (Phi) is 6.71. The van der Waals surface area contributed by atoms with Gasteiger partial charge >= 0.3 is 0 Å². The lowest BCUT2D eigenvalue weighted by Crippen LogP contribution is -2.57. The van der Waals surface area contributed by atoms with Crippen molar-refractivity contribution in [3.05, 3.63) is 52.7 Å². The molecule has 0 spiro atoms. The number of sulfonamides is 1. The summed E-state index contributed by atoms with van der Waals surface area (Å²) in [6.45, 7) is 4.81. The highest BCUT2D eigenvalue weighted by Gasteiger charge is 2.34. The van der Waals surface area contributed by atoms with E-state index >= 15 is 0 Å². The fourth-order valence-corrected chi connectivity index (χ4v) is 5.29. The lowest BCUT2D eigenvalue weighted by molar-refractivity contribution is -0.135. The molecule has 0 bridgehead atoms. The van der Waals surface area contributed by atoms with Crippen LogP contribution in [0.5, 0.6) is 0 Å². The number of amides is 2. The maximum Gasteiger partial charge on any atom is 0.262 e. The van der Waals surface area contributed by atoms with E-state index in [0.717, 1.165) is 0 Å². The lowest BCUT2D eigenvalue weighted by atomic mass is 10.0. The van der Waals surface area contributed by atoms with Gasteiger partial charge in [-0.05, 0) is 29.5 Å². The van der Waals surface area contributed by atoms with Gasteiger partial charge in [-0.15, -0.1) is 11.3 Å². The number of hydrogen-bond acceptors (Lipinski definition) is 5. The zero-order chi connectivity index (χ0) is 21.0. The predicted octanol–water partition coefficient (Wildman–Crippen LogP) is 2.04. The molecule has 1 unspecified atom stereocenters. The Morgan fingerprint density at radius 2 is 1.66 bits per heavy atom. The maximum absolute atomic E-state index is 13.0.